The highest BCUT2D eigenvalue weighted by molar-refractivity contribution is 5.96. The zero-order valence-electron chi connectivity index (χ0n) is 16.1. The van der Waals surface area contributed by atoms with Crippen molar-refractivity contribution in [3.8, 4) is 0 Å². The van der Waals surface area contributed by atoms with Crippen molar-refractivity contribution in [3.05, 3.63) is 53.6 Å². The lowest BCUT2D eigenvalue weighted by molar-refractivity contribution is 0.0745. The van der Waals surface area contributed by atoms with Crippen LogP contribution in [0.2, 0.25) is 0 Å². The summed E-state index contributed by atoms with van der Waals surface area (Å²) < 4.78 is 2.19. The Morgan fingerprint density at radius 2 is 1.81 bits per heavy atom. The van der Waals surface area contributed by atoms with Gasteiger partial charge in [-0.1, -0.05) is 12.1 Å². The summed E-state index contributed by atoms with van der Waals surface area (Å²) in [4.78, 5) is 26.1. The van der Waals surface area contributed by atoms with E-state index in [1.165, 1.54) is 0 Å². The van der Waals surface area contributed by atoms with Crippen LogP contribution in [0.25, 0.3) is 10.9 Å². The van der Waals surface area contributed by atoms with Crippen molar-refractivity contribution >= 4 is 22.6 Å². The summed E-state index contributed by atoms with van der Waals surface area (Å²) in [5.41, 5.74) is 3.98. The van der Waals surface area contributed by atoms with Crippen molar-refractivity contribution in [1.82, 2.24) is 19.4 Å². The standard InChI is InChI=1S/C21H25N5O/c1-4-26-15(2)13-18(16(26)3)21(27)25-11-9-24(10-12-25)20-17-7-5-6-8-19(17)22-14-23-20/h5-8,13-14H,4,9-12H2,1-3H3. The van der Waals surface area contributed by atoms with Crippen molar-refractivity contribution in [1.29, 1.82) is 0 Å². The Balaban J connectivity index is 1.51. The molecule has 0 aliphatic carbocycles. The minimum absolute atomic E-state index is 0.134. The summed E-state index contributed by atoms with van der Waals surface area (Å²) in [6.07, 6.45) is 1.62. The number of aryl methyl sites for hydroxylation is 1. The summed E-state index contributed by atoms with van der Waals surface area (Å²) in [5, 5.41) is 1.06. The third-order valence-corrected chi connectivity index (χ3v) is 5.51. The quantitative estimate of drug-likeness (QED) is 0.718. The van der Waals surface area contributed by atoms with E-state index >= 15 is 0 Å². The average molecular weight is 363 g/mol. The van der Waals surface area contributed by atoms with E-state index in [-0.39, 0.29) is 5.91 Å². The minimum atomic E-state index is 0.134. The molecule has 0 unspecified atom stereocenters. The number of fused-ring (bicyclic) bond motifs is 1. The van der Waals surface area contributed by atoms with Gasteiger partial charge in [-0.3, -0.25) is 4.79 Å². The number of piperazine rings is 1. The maximum Gasteiger partial charge on any atom is 0.255 e. The number of rotatable bonds is 3. The number of amides is 1. The molecule has 6 heteroatoms. The Kier molecular flexibility index (Phi) is 4.56. The highest BCUT2D eigenvalue weighted by atomic mass is 16.2. The van der Waals surface area contributed by atoms with Gasteiger partial charge < -0.3 is 14.4 Å². The lowest BCUT2D eigenvalue weighted by Crippen LogP contribution is -2.49. The van der Waals surface area contributed by atoms with E-state index in [1.807, 2.05) is 36.1 Å². The molecule has 0 bridgehead atoms. The SMILES string of the molecule is CCn1c(C)cc(C(=O)N2CCN(c3ncnc4ccccc34)CC2)c1C. The molecule has 3 aromatic rings. The Morgan fingerprint density at radius 3 is 2.52 bits per heavy atom. The molecule has 1 amide bonds. The van der Waals surface area contributed by atoms with Crippen LogP contribution in [0.15, 0.2) is 36.7 Å². The summed E-state index contributed by atoms with van der Waals surface area (Å²) in [7, 11) is 0. The Labute approximate surface area is 159 Å². The predicted molar refractivity (Wildman–Crippen MR) is 107 cm³/mol. The largest absolute Gasteiger partial charge is 0.352 e. The third kappa shape index (κ3) is 3.05. The molecule has 27 heavy (non-hydrogen) atoms. The number of hydrogen-bond donors (Lipinski definition) is 0. The van der Waals surface area contributed by atoms with Gasteiger partial charge in [-0.15, -0.1) is 0 Å². The molecule has 1 aromatic carbocycles. The van der Waals surface area contributed by atoms with E-state index in [4.69, 9.17) is 0 Å². The fourth-order valence-corrected chi connectivity index (χ4v) is 4.04. The second-order valence-electron chi connectivity index (χ2n) is 7.02. The molecule has 1 saturated heterocycles. The summed E-state index contributed by atoms with van der Waals surface area (Å²) in [5.74, 6) is 1.09. The van der Waals surface area contributed by atoms with Gasteiger partial charge in [0.15, 0.2) is 0 Å². The molecule has 0 N–H and O–H groups in total. The molecule has 0 radical (unpaired) electrons. The van der Waals surface area contributed by atoms with Crippen LogP contribution in [0.4, 0.5) is 5.82 Å². The number of para-hydroxylation sites is 1. The van der Waals surface area contributed by atoms with Gasteiger partial charge in [0.05, 0.1) is 11.1 Å². The monoisotopic (exact) mass is 363 g/mol. The molecule has 4 rings (SSSR count). The van der Waals surface area contributed by atoms with Gasteiger partial charge in [0, 0.05) is 49.5 Å². The van der Waals surface area contributed by atoms with E-state index in [0.29, 0.717) is 13.1 Å². The zero-order valence-corrected chi connectivity index (χ0v) is 16.1. The zero-order chi connectivity index (χ0) is 19.0. The molecular formula is C21H25N5O. The Bertz CT molecular complexity index is 980. The van der Waals surface area contributed by atoms with Crippen molar-refractivity contribution < 1.29 is 4.79 Å². The highest BCUT2D eigenvalue weighted by Gasteiger charge is 2.26. The molecule has 1 aliphatic heterocycles. The van der Waals surface area contributed by atoms with E-state index in [9.17, 15) is 4.79 Å². The van der Waals surface area contributed by atoms with Crippen molar-refractivity contribution in [2.45, 2.75) is 27.3 Å². The third-order valence-electron chi connectivity index (χ3n) is 5.51. The van der Waals surface area contributed by atoms with Gasteiger partial charge in [0.1, 0.15) is 12.1 Å². The number of anilines is 1. The fourth-order valence-electron chi connectivity index (χ4n) is 4.04. The number of carbonyl (C=O) groups excluding carboxylic acids is 1. The lowest BCUT2D eigenvalue weighted by atomic mass is 10.1. The van der Waals surface area contributed by atoms with Gasteiger partial charge in [-0.05, 0) is 39.0 Å². The molecule has 1 aliphatic rings. The second-order valence-corrected chi connectivity index (χ2v) is 7.02. The molecule has 140 valence electrons. The molecule has 3 heterocycles. The number of benzene rings is 1. The van der Waals surface area contributed by atoms with Crippen molar-refractivity contribution in [2.24, 2.45) is 0 Å². The van der Waals surface area contributed by atoms with Crippen LogP contribution >= 0.6 is 0 Å². The van der Waals surface area contributed by atoms with Gasteiger partial charge in [-0.2, -0.15) is 0 Å². The van der Waals surface area contributed by atoms with E-state index in [1.54, 1.807) is 6.33 Å². The fraction of sp³-hybridized carbons (Fsp3) is 0.381. The normalized spacial score (nSPS) is 14.8. The van der Waals surface area contributed by atoms with Crippen molar-refractivity contribution in [2.75, 3.05) is 31.1 Å². The average Bonchev–Trinajstić information content (AvgIpc) is 3.00. The molecule has 0 atom stereocenters. The first-order valence-electron chi connectivity index (χ1n) is 9.51. The first-order valence-corrected chi connectivity index (χ1v) is 9.51. The minimum Gasteiger partial charge on any atom is -0.352 e. The predicted octanol–water partition coefficient (Wildman–Crippen LogP) is 3.03. The summed E-state index contributed by atoms with van der Waals surface area (Å²) in [6.45, 7) is 10.1. The molecule has 0 saturated carbocycles. The first-order chi connectivity index (χ1) is 13.1. The number of carbonyl (C=O) groups is 1. The molecule has 6 nitrogen and oxygen atoms in total. The van der Waals surface area contributed by atoms with Crippen molar-refractivity contribution in [3.63, 3.8) is 0 Å². The van der Waals surface area contributed by atoms with Gasteiger partial charge in [0.2, 0.25) is 0 Å². The Morgan fingerprint density at radius 1 is 1.07 bits per heavy atom. The summed E-state index contributed by atoms with van der Waals surface area (Å²) in [6, 6.07) is 10.1. The molecule has 2 aromatic heterocycles. The van der Waals surface area contributed by atoms with Crippen LogP contribution in [0.1, 0.15) is 28.7 Å². The van der Waals surface area contributed by atoms with Crippen LogP contribution in [0.5, 0.6) is 0 Å². The van der Waals surface area contributed by atoms with Crippen LogP contribution in [-0.4, -0.2) is 51.5 Å². The van der Waals surface area contributed by atoms with Crippen LogP contribution in [0.3, 0.4) is 0 Å². The lowest BCUT2D eigenvalue weighted by Gasteiger charge is -2.35. The van der Waals surface area contributed by atoms with Crippen LogP contribution in [0, 0.1) is 13.8 Å². The number of aromatic nitrogens is 3. The maximum atomic E-state index is 13.0. The van der Waals surface area contributed by atoms with Gasteiger partial charge in [-0.25, -0.2) is 9.97 Å². The first kappa shape index (κ1) is 17.5. The molecule has 1 fully saturated rings. The van der Waals surface area contributed by atoms with Gasteiger partial charge >= 0.3 is 0 Å². The Hall–Kier alpha value is -2.89. The molecule has 0 spiro atoms. The maximum absolute atomic E-state index is 13.0. The van der Waals surface area contributed by atoms with Crippen LogP contribution in [-0.2, 0) is 6.54 Å². The van der Waals surface area contributed by atoms with Crippen LogP contribution < -0.4 is 4.90 Å². The van der Waals surface area contributed by atoms with Gasteiger partial charge in [0.25, 0.3) is 5.91 Å². The second kappa shape index (κ2) is 7.02. The smallest absolute Gasteiger partial charge is 0.255 e. The number of nitrogens with zero attached hydrogens (tertiary/aromatic N) is 5. The van der Waals surface area contributed by atoms with E-state index < -0.39 is 0 Å². The topological polar surface area (TPSA) is 54.3 Å². The molecular weight excluding hydrogens is 338 g/mol. The highest BCUT2D eigenvalue weighted by Crippen LogP contribution is 2.24. The van der Waals surface area contributed by atoms with E-state index in [2.05, 4.69) is 39.3 Å². The summed E-state index contributed by atoms with van der Waals surface area (Å²) >= 11 is 0. The number of hydrogen-bond acceptors (Lipinski definition) is 4. The van der Waals surface area contributed by atoms with E-state index in [0.717, 1.165) is 53.3 Å².